The Morgan fingerprint density at radius 3 is 2.10 bits per heavy atom. The number of carbonyl (C=O) groups is 2. The summed E-state index contributed by atoms with van der Waals surface area (Å²) in [4.78, 5) is 36.8. The van der Waals surface area contributed by atoms with Gasteiger partial charge in [-0.2, -0.15) is 0 Å². The monoisotopic (exact) mass is 691 g/mol. The van der Waals surface area contributed by atoms with Gasteiger partial charge in [0, 0.05) is 31.6 Å². The van der Waals surface area contributed by atoms with Crippen LogP contribution >= 0.6 is 0 Å². The third-order valence-electron chi connectivity index (χ3n) is 8.52. The number of hydrogen-bond acceptors (Lipinski definition) is 13. The first-order chi connectivity index (χ1) is 24.4. The predicted molar refractivity (Wildman–Crippen MR) is 182 cm³/mol. The number of nitro groups is 1. The minimum atomic E-state index is -1.31. The topological polar surface area (TPSA) is 186 Å². The quantitative estimate of drug-likeness (QED) is 0.0531. The Kier molecular flexibility index (Phi) is 12.7. The minimum Gasteiger partial charge on any atom is -0.464 e. The number of anilines is 1. The van der Waals surface area contributed by atoms with Gasteiger partial charge in [0.05, 0.1) is 50.3 Å². The third-order valence-corrected chi connectivity index (χ3v) is 8.52. The van der Waals surface area contributed by atoms with Crippen LogP contribution in [0.25, 0.3) is 22.2 Å². The molecule has 1 aliphatic rings. The van der Waals surface area contributed by atoms with Crippen molar-refractivity contribution in [3.63, 3.8) is 0 Å². The van der Waals surface area contributed by atoms with Crippen molar-refractivity contribution in [3.8, 4) is 11.1 Å². The van der Waals surface area contributed by atoms with Crippen LogP contribution in [0.3, 0.4) is 0 Å². The lowest BCUT2D eigenvalue weighted by atomic mass is 9.92. The Morgan fingerprint density at radius 2 is 1.46 bits per heavy atom. The lowest BCUT2D eigenvalue weighted by Gasteiger charge is -2.31. The maximum atomic E-state index is 13.1. The number of ether oxygens (including phenoxy) is 5. The predicted octanol–water partition coefficient (Wildman–Crippen LogP) is 5.23. The number of aromatic nitrogens is 2. The molecule has 1 aromatic heterocycles. The van der Waals surface area contributed by atoms with E-state index in [0.717, 1.165) is 22.3 Å². The molecule has 0 unspecified atom stereocenters. The molecule has 1 atom stereocenters. The second kappa shape index (κ2) is 17.5. The number of benzene rings is 3. The van der Waals surface area contributed by atoms with Crippen molar-refractivity contribution in [2.24, 2.45) is 0 Å². The van der Waals surface area contributed by atoms with Crippen LogP contribution < -0.4 is 10.6 Å². The van der Waals surface area contributed by atoms with Gasteiger partial charge in [-0.3, -0.25) is 10.1 Å². The molecule has 266 valence electrons. The number of alkyl carbamates (subject to hydrolysis) is 1. The van der Waals surface area contributed by atoms with Gasteiger partial charge in [-0.25, -0.2) is 14.2 Å². The lowest BCUT2D eigenvalue weighted by molar-refractivity contribution is -0.383. The fourth-order valence-electron chi connectivity index (χ4n) is 5.91. The molecular formula is C35H41N5O10. The molecule has 1 aliphatic carbocycles. The van der Waals surface area contributed by atoms with Crippen LogP contribution in [-0.4, -0.2) is 92.2 Å². The summed E-state index contributed by atoms with van der Waals surface area (Å²) in [7, 11) is 0. The molecule has 0 spiro atoms. The minimum absolute atomic E-state index is 0.0738. The summed E-state index contributed by atoms with van der Waals surface area (Å²) >= 11 is 0. The highest BCUT2D eigenvalue weighted by molar-refractivity contribution is 5.93. The molecule has 4 aromatic rings. The average molecular weight is 692 g/mol. The van der Waals surface area contributed by atoms with Crippen LogP contribution in [0.4, 0.5) is 16.2 Å². The number of amides is 1. The highest BCUT2D eigenvalue weighted by Gasteiger charge is 2.40. The standard InChI is InChI=1S/C35H41N5O10/c1-3-35(33(41)48-4-2,37-34(42)49-23-28-26-11-7-5-9-24(26)25-10-6-8-12-27(25)28)15-17-45-19-21-47-22-20-46-18-16-36-29-13-14-30(40(43)44)32-31(29)38-50-39-32/h5-14,28,36H,3-4,15-23H2,1-2H3,(H,37,42)/t35-/m0/s1. The van der Waals surface area contributed by atoms with Crippen LogP contribution in [0.5, 0.6) is 0 Å². The molecule has 50 heavy (non-hydrogen) atoms. The maximum Gasteiger partial charge on any atom is 0.408 e. The smallest absolute Gasteiger partial charge is 0.408 e. The van der Waals surface area contributed by atoms with Gasteiger partial charge >= 0.3 is 17.7 Å². The van der Waals surface area contributed by atoms with Gasteiger partial charge in [0.2, 0.25) is 5.52 Å². The fourth-order valence-corrected chi connectivity index (χ4v) is 5.91. The zero-order valence-corrected chi connectivity index (χ0v) is 28.1. The van der Waals surface area contributed by atoms with Crippen LogP contribution in [0.2, 0.25) is 0 Å². The molecule has 2 N–H and O–H groups in total. The lowest BCUT2D eigenvalue weighted by Crippen LogP contribution is -2.56. The number of fused-ring (bicyclic) bond motifs is 4. The summed E-state index contributed by atoms with van der Waals surface area (Å²) in [5, 5.41) is 24.4. The van der Waals surface area contributed by atoms with Crippen LogP contribution in [0, 0.1) is 10.1 Å². The first-order valence-electron chi connectivity index (χ1n) is 16.6. The Labute approximate surface area is 288 Å². The maximum absolute atomic E-state index is 13.1. The second-order valence-electron chi connectivity index (χ2n) is 11.5. The van der Waals surface area contributed by atoms with E-state index in [1.54, 1.807) is 19.9 Å². The number of nitrogens with one attached hydrogen (secondary N) is 2. The van der Waals surface area contributed by atoms with E-state index in [0.29, 0.717) is 38.7 Å². The zero-order chi connectivity index (χ0) is 35.3. The van der Waals surface area contributed by atoms with E-state index in [-0.39, 0.29) is 61.9 Å². The Bertz CT molecular complexity index is 1720. The van der Waals surface area contributed by atoms with E-state index < -0.39 is 22.5 Å². The van der Waals surface area contributed by atoms with Crippen LogP contribution in [0.1, 0.15) is 43.7 Å². The van der Waals surface area contributed by atoms with Crippen LogP contribution in [0.15, 0.2) is 65.3 Å². The Morgan fingerprint density at radius 1 is 0.840 bits per heavy atom. The molecule has 0 saturated heterocycles. The largest absolute Gasteiger partial charge is 0.464 e. The van der Waals surface area contributed by atoms with E-state index in [2.05, 4.69) is 37.7 Å². The SMILES string of the molecule is CCOC(=O)[C@](CC)(CCOCCOCCOCCNc1ccc([N+](=O)[O-])c2nonc12)NC(=O)OCC1c2ccccc2-c2ccccc21. The van der Waals surface area contributed by atoms with Crippen molar-refractivity contribution < 1.29 is 42.8 Å². The van der Waals surface area contributed by atoms with E-state index in [4.69, 9.17) is 23.7 Å². The molecule has 0 fully saturated rings. The second-order valence-corrected chi connectivity index (χ2v) is 11.5. The Hall–Kier alpha value is -5.12. The van der Waals surface area contributed by atoms with E-state index in [1.165, 1.54) is 6.07 Å². The molecule has 1 heterocycles. The normalized spacial score (nSPS) is 13.3. The summed E-state index contributed by atoms with van der Waals surface area (Å²) in [5.41, 5.74) is 3.85. The number of esters is 1. The number of nitrogens with zero attached hydrogens (tertiary/aromatic N) is 3. The molecule has 1 amide bonds. The van der Waals surface area contributed by atoms with Gasteiger partial charge in [-0.15, -0.1) is 0 Å². The highest BCUT2D eigenvalue weighted by Crippen LogP contribution is 2.44. The van der Waals surface area contributed by atoms with Gasteiger partial charge < -0.3 is 34.3 Å². The summed E-state index contributed by atoms with van der Waals surface area (Å²) in [6.45, 7) is 6.03. The molecule has 3 aromatic carbocycles. The zero-order valence-electron chi connectivity index (χ0n) is 28.1. The molecule has 15 nitrogen and oxygen atoms in total. The van der Waals surface area contributed by atoms with Crippen molar-refractivity contribution >= 4 is 34.5 Å². The van der Waals surface area contributed by atoms with Gasteiger partial charge in [-0.05, 0) is 52.0 Å². The van der Waals surface area contributed by atoms with Crippen molar-refractivity contribution in [1.82, 2.24) is 15.6 Å². The number of rotatable bonds is 20. The van der Waals surface area contributed by atoms with E-state index >= 15 is 0 Å². The van der Waals surface area contributed by atoms with Crippen LogP contribution in [-0.2, 0) is 28.5 Å². The highest BCUT2D eigenvalue weighted by atomic mass is 16.6. The summed E-state index contributed by atoms with van der Waals surface area (Å²) < 4.78 is 32.6. The number of nitro benzene ring substituents is 1. The molecule has 5 rings (SSSR count). The molecule has 0 aliphatic heterocycles. The van der Waals surface area contributed by atoms with Crippen molar-refractivity contribution in [1.29, 1.82) is 0 Å². The molecule has 15 heteroatoms. The van der Waals surface area contributed by atoms with Crippen molar-refractivity contribution in [3.05, 3.63) is 81.9 Å². The Balaban J connectivity index is 0.992. The van der Waals surface area contributed by atoms with E-state index in [1.807, 2.05) is 36.4 Å². The summed E-state index contributed by atoms with van der Waals surface area (Å²) in [6.07, 6.45) is -0.225. The number of carbonyl (C=O) groups excluding carboxylic acids is 2. The van der Waals surface area contributed by atoms with E-state index in [9.17, 15) is 19.7 Å². The van der Waals surface area contributed by atoms with Crippen molar-refractivity contribution in [2.45, 2.75) is 38.1 Å². The first-order valence-corrected chi connectivity index (χ1v) is 16.6. The summed E-state index contributed by atoms with van der Waals surface area (Å²) in [5.74, 6) is -0.651. The average Bonchev–Trinajstić information content (AvgIpc) is 3.74. The molecular weight excluding hydrogens is 650 g/mol. The van der Waals surface area contributed by atoms with Gasteiger partial charge in [0.1, 0.15) is 12.1 Å². The fraction of sp³-hybridized carbons (Fsp3) is 0.429. The third kappa shape index (κ3) is 8.53. The summed E-state index contributed by atoms with van der Waals surface area (Å²) in [6, 6.07) is 19.0. The number of non-ortho nitro benzene ring substituents is 1. The van der Waals surface area contributed by atoms with Crippen molar-refractivity contribution in [2.75, 3.05) is 64.7 Å². The van der Waals surface area contributed by atoms with Gasteiger partial charge in [0.15, 0.2) is 5.52 Å². The molecule has 0 saturated carbocycles. The van der Waals surface area contributed by atoms with Gasteiger partial charge in [0.25, 0.3) is 0 Å². The first kappa shape index (κ1) is 36.2. The molecule has 0 bridgehead atoms. The number of hydrogen-bond donors (Lipinski definition) is 2. The van der Waals surface area contributed by atoms with Gasteiger partial charge in [-0.1, -0.05) is 55.5 Å². The molecule has 0 radical (unpaired) electrons.